The SMILES string of the molecule is CCc1ccc(CN(CCOC)C(=O)[C@@H]2CCC(=O)NC(=O)N2)cc1. The van der Waals surface area contributed by atoms with Crippen LogP contribution in [0, 0.1) is 0 Å². The smallest absolute Gasteiger partial charge is 0.322 e. The van der Waals surface area contributed by atoms with Gasteiger partial charge in [0.05, 0.1) is 6.61 Å². The van der Waals surface area contributed by atoms with E-state index in [1.54, 1.807) is 12.0 Å². The summed E-state index contributed by atoms with van der Waals surface area (Å²) in [5, 5.41) is 4.75. The van der Waals surface area contributed by atoms with Gasteiger partial charge in [0.15, 0.2) is 0 Å². The Bertz CT molecular complexity index is 615. The number of rotatable bonds is 7. The number of benzene rings is 1. The van der Waals surface area contributed by atoms with E-state index < -0.39 is 12.1 Å². The Hall–Kier alpha value is -2.41. The zero-order valence-electron chi connectivity index (χ0n) is 14.7. The highest BCUT2D eigenvalue weighted by atomic mass is 16.5. The first kappa shape index (κ1) is 18.9. The van der Waals surface area contributed by atoms with E-state index in [1.165, 1.54) is 5.56 Å². The van der Waals surface area contributed by atoms with Gasteiger partial charge in [-0.05, 0) is 24.0 Å². The van der Waals surface area contributed by atoms with Gasteiger partial charge in [-0.2, -0.15) is 0 Å². The maximum atomic E-state index is 12.9. The van der Waals surface area contributed by atoms with Gasteiger partial charge < -0.3 is 15.0 Å². The molecule has 1 atom stereocenters. The maximum absolute atomic E-state index is 12.9. The molecule has 136 valence electrons. The lowest BCUT2D eigenvalue weighted by Crippen LogP contribution is -2.50. The molecule has 1 heterocycles. The van der Waals surface area contributed by atoms with E-state index in [0.29, 0.717) is 19.7 Å². The molecule has 1 saturated heterocycles. The van der Waals surface area contributed by atoms with Crippen molar-refractivity contribution in [3.63, 3.8) is 0 Å². The van der Waals surface area contributed by atoms with Crippen LogP contribution in [0.15, 0.2) is 24.3 Å². The van der Waals surface area contributed by atoms with Crippen LogP contribution in [0.3, 0.4) is 0 Å². The van der Waals surface area contributed by atoms with E-state index in [9.17, 15) is 14.4 Å². The Balaban J connectivity index is 2.09. The number of ether oxygens (including phenoxy) is 1. The van der Waals surface area contributed by atoms with Gasteiger partial charge >= 0.3 is 6.03 Å². The molecule has 1 fully saturated rings. The molecule has 4 amide bonds. The molecule has 1 aliphatic heterocycles. The van der Waals surface area contributed by atoms with E-state index in [1.807, 2.05) is 24.3 Å². The Labute approximate surface area is 147 Å². The number of carbonyl (C=O) groups excluding carboxylic acids is 3. The minimum absolute atomic E-state index is 0.137. The van der Waals surface area contributed by atoms with Crippen molar-refractivity contribution in [2.24, 2.45) is 0 Å². The van der Waals surface area contributed by atoms with Gasteiger partial charge in [0.2, 0.25) is 11.8 Å². The topological polar surface area (TPSA) is 87.7 Å². The van der Waals surface area contributed by atoms with Crippen LogP contribution in [0.2, 0.25) is 0 Å². The molecule has 0 unspecified atom stereocenters. The predicted octanol–water partition coefficient (Wildman–Crippen LogP) is 1.21. The molecular weight excluding hydrogens is 322 g/mol. The van der Waals surface area contributed by atoms with Gasteiger partial charge in [-0.15, -0.1) is 0 Å². The molecule has 0 bridgehead atoms. The van der Waals surface area contributed by atoms with Crippen LogP contribution in [0.25, 0.3) is 0 Å². The summed E-state index contributed by atoms with van der Waals surface area (Å²) in [6, 6.07) is 6.76. The Morgan fingerprint density at radius 3 is 2.56 bits per heavy atom. The lowest BCUT2D eigenvalue weighted by atomic mass is 10.1. The van der Waals surface area contributed by atoms with Crippen molar-refractivity contribution in [2.45, 2.75) is 38.8 Å². The Kier molecular flexibility index (Phi) is 6.94. The molecule has 1 aliphatic rings. The van der Waals surface area contributed by atoms with Gasteiger partial charge in [-0.1, -0.05) is 31.2 Å². The molecule has 2 rings (SSSR count). The van der Waals surface area contributed by atoms with Crippen molar-refractivity contribution in [1.82, 2.24) is 15.5 Å². The molecule has 2 N–H and O–H groups in total. The predicted molar refractivity (Wildman–Crippen MR) is 92.8 cm³/mol. The first-order valence-corrected chi connectivity index (χ1v) is 8.49. The highest BCUT2D eigenvalue weighted by Crippen LogP contribution is 2.12. The zero-order valence-corrected chi connectivity index (χ0v) is 14.7. The third-order valence-electron chi connectivity index (χ3n) is 4.20. The van der Waals surface area contributed by atoms with Gasteiger partial charge in [0.1, 0.15) is 6.04 Å². The number of hydrogen-bond acceptors (Lipinski definition) is 4. The van der Waals surface area contributed by atoms with Crippen molar-refractivity contribution < 1.29 is 19.1 Å². The molecule has 0 aliphatic carbocycles. The van der Waals surface area contributed by atoms with Crippen molar-refractivity contribution in [3.05, 3.63) is 35.4 Å². The number of carbonyl (C=O) groups is 3. The molecule has 0 aromatic heterocycles. The maximum Gasteiger partial charge on any atom is 0.322 e. The molecule has 0 saturated carbocycles. The number of aryl methyl sites for hydroxylation is 1. The summed E-state index contributed by atoms with van der Waals surface area (Å²) in [5.41, 5.74) is 2.25. The second-order valence-corrected chi connectivity index (χ2v) is 6.04. The van der Waals surface area contributed by atoms with Crippen LogP contribution in [0.1, 0.15) is 30.9 Å². The van der Waals surface area contributed by atoms with Gasteiger partial charge in [-0.25, -0.2) is 4.79 Å². The molecule has 25 heavy (non-hydrogen) atoms. The number of amides is 4. The third-order valence-corrected chi connectivity index (χ3v) is 4.20. The van der Waals surface area contributed by atoms with Crippen LogP contribution in [-0.2, 0) is 27.3 Å². The van der Waals surface area contributed by atoms with Crippen molar-refractivity contribution >= 4 is 17.8 Å². The molecule has 0 radical (unpaired) electrons. The van der Waals surface area contributed by atoms with E-state index in [2.05, 4.69) is 17.6 Å². The van der Waals surface area contributed by atoms with E-state index in [4.69, 9.17) is 4.74 Å². The quantitative estimate of drug-likeness (QED) is 0.776. The summed E-state index contributed by atoms with van der Waals surface area (Å²) in [5.74, 6) is -0.576. The summed E-state index contributed by atoms with van der Waals surface area (Å²) in [4.78, 5) is 37.6. The fourth-order valence-corrected chi connectivity index (χ4v) is 2.71. The van der Waals surface area contributed by atoms with Crippen molar-refractivity contribution in [3.8, 4) is 0 Å². The molecule has 1 aromatic rings. The second kappa shape index (κ2) is 9.17. The number of hydrogen-bond donors (Lipinski definition) is 2. The summed E-state index contributed by atoms with van der Waals surface area (Å²) < 4.78 is 5.10. The number of methoxy groups -OCH3 is 1. The van der Waals surface area contributed by atoms with Crippen LogP contribution in [0.5, 0.6) is 0 Å². The second-order valence-electron chi connectivity index (χ2n) is 6.04. The summed E-state index contributed by atoms with van der Waals surface area (Å²) in [7, 11) is 1.58. The number of imide groups is 1. The first-order chi connectivity index (χ1) is 12.0. The number of nitrogens with zero attached hydrogens (tertiary/aromatic N) is 1. The van der Waals surface area contributed by atoms with Crippen LogP contribution in [0.4, 0.5) is 4.79 Å². The van der Waals surface area contributed by atoms with Crippen LogP contribution < -0.4 is 10.6 Å². The normalized spacial score (nSPS) is 17.4. The summed E-state index contributed by atoms with van der Waals surface area (Å²) in [6.07, 6.45) is 1.38. The monoisotopic (exact) mass is 347 g/mol. The summed E-state index contributed by atoms with van der Waals surface area (Å²) in [6.45, 7) is 3.34. The zero-order chi connectivity index (χ0) is 18.2. The molecular formula is C18H25N3O4. The fraction of sp³-hybridized carbons (Fsp3) is 0.500. The van der Waals surface area contributed by atoms with E-state index in [-0.39, 0.29) is 24.7 Å². The Morgan fingerprint density at radius 1 is 1.24 bits per heavy atom. The summed E-state index contributed by atoms with van der Waals surface area (Å²) >= 11 is 0. The first-order valence-electron chi connectivity index (χ1n) is 8.49. The average Bonchev–Trinajstić information content (AvgIpc) is 2.78. The van der Waals surface area contributed by atoms with Crippen molar-refractivity contribution in [2.75, 3.05) is 20.3 Å². The minimum atomic E-state index is -0.710. The third kappa shape index (κ3) is 5.56. The van der Waals surface area contributed by atoms with E-state index >= 15 is 0 Å². The Morgan fingerprint density at radius 2 is 1.92 bits per heavy atom. The van der Waals surface area contributed by atoms with Crippen molar-refractivity contribution in [1.29, 1.82) is 0 Å². The van der Waals surface area contributed by atoms with Gasteiger partial charge in [-0.3, -0.25) is 14.9 Å². The molecule has 0 spiro atoms. The standard InChI is InChI=1S/C18H25N3O4/c1-3-13-4-6-14(7-5-13)12-21(10-11-25-2)17(23)15-8-9-16(22)20-18(24)19-15/h4-7,15H,3,8-12H2,1-2H3,(H2,19,20,22,24)/t15-/m0/s1. The number of urea groups is 1. The molecule has 1 aromatic carbocycles. The molecule has 7 nitrogen and oxygen atoms in total. The van der Waals surface area contributed by atoms with E-state index in [0.717, 1.165) is 12.0 Å². The number of nitrogens with one attached hydrogen (secondary N) is 2. The van der Waals surface area contributed by atoms with Crippen LogP contribution >= 0.6 is 0 Å². The lowest BCUT2D eigenvalue weighted by Gasteiger charge is -2.27. The largest absolute Gasteiger partial charge is 0.383 e. The van der Waals surface area contributed by atoms with Crippen LogP contribution in [-0.4, -0.2) is 49.0 Å². The average molecular weight is 347 g/mol. The fourth-order valence-electron chi connectivity index (χ4n) is 2.71. The van der Waals surface area contributed by atoms with Gasteiger partial charge in [0.25, 0.3) is 0 Å². The minimum Gasteiger partial charge on any atom is -0.383 e. The highest BCUT2D eigenvalue weighted by Gasteiger charge is 2.29. The van der Waals surface area contributed by atoms with Gasteiger partial charge in [0, 0.05) is 26.6 Å². The molecule has 7 heteroatoms. The lowest BCUT2D eigenvalue weighted by molar-refractivity contribution is -0.134. The highest BCUT2D eigenvalue weighted by molar-refractivity contribution is 5.98.